The van der Waals surface area contributed by atoms with Crippen molar-refractivity contribution in [3.05, 3.63) is 136 Å². The van der Waals surface area contributed by atoms with E-state index in [0.717, 1.165) is 28.2 Å². The number of benzene rings is 4. The first-order valence-electron chi connectivity index (χ1n) is 22.3. The standard InChI is InChI=1S/C50H58Cl2N8O6/c1-57(2)30-45-54-28-43(58(45)3)35-13-18-40(19-14-35)66-44-26-39(52)17-12-36(44)29-60-42(20-22-53)48(64)55-41(31-61)47(63)56-50(27-34-10-15-38(51)16-11-34)21-7-23-59(32-50)49(65)37(25-46(60)62)24-33-8-5-4-6-9-33/h4-6,8-19,26,28,37,41-42,61H,7,20-25,27,29-32,53H2,1-3H3,(H,55,64)(H,56,63). The number of aliphatic hydroxyl groups is 1. The van der Waals surface area contributed by atoms with E-state index in [4.69, 9.17) is 33.7 Å². The smallest absolute Gasteiger partial charge is 0.245 e. The minimum atomic E-state index is -1.38. The predicted molar refractivity (Wildman–Crippen MR) is 255 cm³/mol. The molecule has 4 aromatic carbocycles. The first kappa shape index (κ1) is 48.2. The van der Waals surface area contributed by atoms with Crippen molar-refractivity contribution in [2.24, 2.45) is 18.7 Å². The molecular weight excluding hydrogens is 880 g/mol. The Balaban J connectivity index is 1.24. The van der Waals surface area contributed by atoms with Crippen molar-refractivity contribution in [1.82, 2.24) is 34.9 Å². The van der Waals surface area contributed by atoms with Crippen LogP contribution in [0.25, 0.3) is 11.3 Å². The third kappa shape index (κ3) is 11.8. The lowest BCUT2D eigenvalue weighted by atomic mass is 9.81. The van der Waals surface area contributed by atoms with Gasteiger partial charge in [0, 0.05) is 47.7 Å². The van der Waals surface area contributed by atoms with Crippen LogP contribution < -0.4 is 21.1 Å². The van der Waals surface area contributed by atoms with Gasteiger partial charge in [-0.25, -0.2) is 4.98 Å². The van der Waals surface area contributed by atoms with Crippen LogP contribution in [0.1, 0.15) is 48.2 Å². The van der Waals surface area contributed by atoms with Gasteiger partial charge in [-0.3, -0.25) is 19.2 Å². The summed E-state index contributed by atoms with van der Waals surface area (Å²) < 4.78 is 8.52. The molecule has 2 bridgehead atoms. The molecule has 0 spiro atoms. The number of nitrogens with one attached hydrogen (secondary N) is 2. The fourth-order valence-corrected chi connectivity index (χ4v) is 9.30. The Kier molecular flexibility index (Phi) is 15.8. The number of aromatic nitrogens is 2. The second kappa shape index (κ2) is 21.7. The Hall–Kier alpha value is -5.77. The van der Waals surface area contributed by atoms with E-state index in [9.17, 15) is 19.5 Å². The molecule has 0 radical (unpaired) electrons. The summed E-state index contributed by atoms with van der Waals surface area (Å²) in [7, 11) is 5.96. The summed E-state index contributed by atoms with van der Waals surface area (Å²) in [6, 6.07) is 26.8. The summed E-state index contributed by atoms with van der Waals surface area (Å²) >= 11 is 12.8. The highest BCUT2D eigenvalue weighted by Gasteiger charge is 2.43. The lowest BCUT2D eigenvalue weighted by molar-refractivity contribution is -0.148. The number of nitrogens with zero attached hydrogens (tertiary/aromatic N) is 5. The zero-order valence-electron chi connectivity index (χ0n) is 37.6. The average molecular weight is 938 g/mol. The van der Waals surface area contributed by atoms with Crippen LogP contribution in [-0.2, 0) is 52.2 Å². The Bertz CT molecular complexity index is 2490. The van der Waals surface area contributed by atoms with Gasteiger partial charge < -0.3 is 45.5 Å². The number of piperidine rings is 1. The van der Waals surface area contributed by atoms with Gasteiger partial charge >= 0.3 is 0 Å². The van der Waals surface area contributed by atoms with E-state index >= 15 is 4.79 Å². The van der Waals surface area contributed by atoms with Crippen molar-refractivity contribution >= 4 is 46.8 Å². The number of amides is 4. The highest BCUT2D eigenvalue weighted by atomic mass is 35.5. The van der Waals surface area contributed by atoms with E-state index in [-0.39, 0.29) is 44.8 Å². The minimum absolute atomic E-state index is 0.00579. The lowest BCUT2D eigenvalue weighted by Crippen LogP contribution is -2.65. The van der Waals surface area contributed by atoms with Crippen LogP contribution in [0.5, 0.6) is 11.5 Å². The molecule has 2 aliphatic rings. The molecule has 2 fully saturated rings. The largest absolute Gasteiger partial charge is 0.457 e. The maximum absolute atomic E-state index is 15.1. The van der Waals surface area contributed by atoms with Gasteiger partial charge in [-0.15, -0.1) is 0 Å². The Morgan fingerprint density at radius 2 is 1.65 bits per heavy atom. The van der Waals surface area contributed by atoms with Gasteiger partial charge in [0.15, 0.2) is 0 Å². The summed E-state index contributed by atoms with van der Waals surface area (Å²) in [4.78, 5) is 68.7. The molecule has 0 aliphatic carbocycles. The van der Waals surface area contributed by atoms with Gasteiger partial charge in [0.1, 0.15) is 29.4 Å². The van der Waals surface area contributed by atoms with Gasteiger partial charge in [-0.05, 0) is 112 Å². The molecule has 16 heteroatoms. The number of hydrogen-bond acceptors (Lipinski definition) is 9. The molecule has 7 rings (SSSR count). The van der Waals surface area contributed by atoms with E-state index in [1.165, 1.54) is 4.90 Å². The second-order valence-electron chi connectivity index (χ2n) is 17.6. The molecule has 5 aromatic rings. The van der Waals surface area contributed by atoms with Crippen LogP contribution in [-0.4, -0.2) is 111 Å². The van der Waals surface area contributed by atoms with Crippen molar-refractivity contribution < 1.29 is 29.0 Å². The Labute approximate surface area is 396 Å². The number of ether oxygens (including phenoxy) is 1. The fraction of sp³-hybridized carbons (Fsp3) is 0.380. The molecule has 66 heavy (non-hydrogen) atoms. The fourth-order valence-electron chi connectivity index (χ4n) is 9.01. The molecule has 0 saturated carbocycles. The van der Waals surface area contributed by atoms with Crippen molar-refractivity contribution in [1.29, 1.82) is 0 Å². The average Bonchev–Trinajstić information content (AvgIpc) is 3.65. The van der Waals surface area contributed by atoms with Gasteiger partial charge in [-0.2, -0.15) is 0 Å². The maximum atomic E-state index is 15.1. The number of imidazole rings is 1. The SMILES string of the molecule is CN(C)Cc1ncc(-c2ccc(Oc3cc(Cl)ccc3CN3C(=O)CC(Cc4ccccc4)C(=O)N4CCCC(Cc5ccc(Cl)cc5)(C4)NC(=O)C(CO)NC(=O)C3CCN)cc2)n1C. The van der Waals surface area contributed by atoms with E-state index in [1.54, 1.807) is 35.2 Å². The van der Waals surface area contributed by atoms with Crippen LogP contribution >= 0.6 is 23.2 Å². The van der Waals surface area contributed by atoms with E-state index in [1.807, 2.05) is 98.6 Å². The molecule has 14 nitrogen and oxygen atoms in total. The first-order chi connectivity index (χ1) is 31.7. The molecular formula is C50H58Cl2N8O6. The summed E-state index contributed by atoms with van der Waals surface area (Å²) in [5, 5.41) is 17.5. The summed E-state index contributed by atoms with van der Waals surface area (Å²) in [5.74, 6) is -1.06. The van der Waals surface area contributed by atoms with Crippen LogP contribution in [0.2, 0.25) is 10.0 Å². The monoisotopic (exact) mass is 936 g/mol. The number of hydrogen-bond donors (Lipinski definition) is 4. The topological polar surface area (TPSA) is 175 Å². The maximum Gasteiger partial charge on any atom is 0.245 e. The third-order valence-electron chi connectivity index (χ3n) is 12.4. The highest BCUT2D eigenvalue weighted by Crippen LogP contribution is 2.34. The predicted octanol–water partition coefficient (Wildman–Crippen LogP) is 5.75. The zero-order chi connectivity index (χ0) is 47.0. The number of carbonyl (C=O) groups is 4. The van der Waals surface area contributed by atoms with Gasteiger partial charge in [0.25, 0.3) is 0 Å². The molecule has 4 unspecified atom stereocenters. The number of halogens is 2. The molecule has 4 atom stereocenters. The van der Waals surface area contributed by atoms with Gasteiger partial charge in [-0.1, -0.05) is 71.7 Å². The van der Waals surface area contributed by atoms with Crippen LogP contribution in [0, 0.1) is 5.92 Å². The summed E-state index contributed by atoms with van der Waals surface area (Å²) in [6.45, 7) is 0.410. The van der Waals surface area contributed by atoms with Gasteiger partial charge in [0.05, 0.1) is 43.0 Å². The number of carbonyl (C=O) groups excluding carboxylic acids is 4. The molecule has 3 heterocycles. The van der Waals surface area contributed by atoms with Crippen LogP contribution in [0.3, 0.4) is 0 Å². The van der Waals surface area contributed by atoms with E-state index in [2.05, 4.69) is 20.5 Å². The van der Waals surface area contributed by atoms with Crippen LogP contribution in [0.15, 0.2) is 103 Å². The molecule has 1 aromatic heterocycles. The molecule has 2 aliphatic heterocycles. The van der Waals surface area contributed by atoms with Crippen molar-refractivity contribution in [3.8, 4) is 22.8 Å². The third-order valence-corrected chi connectivity index (χ3v) is 12.9. The second-order valence-corrected chi connectivity index (χ2v) is 18.5. The normalized spacial score (nSPS) is 20.8. The zero-order valence-corrected chi connectivity index (χ0v) is 39.1. The summed E-state index contributed by atoms with van der Waals surface area (Å²) in [5.41, 5.74) is 9.37. The van der Waals surface area contributed by atoms with Crippen molar-refractivity contribution in [3.63, 3.8) is 0 Å². The molecule has 4 amide bonds. The Morgan fingerprint density at radius 3 is 2.35 bits per heavy atom. The number of nitrogens with two attached hydrogens (primary N) is 1. The number of rotatable bonds is 14. The van der Waals surface area contributed by atoms with Gasteiger partial charge in [0.2, 0.25) is 23.6 Å². The van der Waals surface area contributed by atoms with Crippen LogP contribution in [0.4, 0.5) is 0 Å². The quantitative estimate of drug-likeness (QED) is 0.108. The molecule has 348 valence electrons. The Morgan fingerprint density at radius 1 is 0.924 bits per heavy atom. The number of fused-ring (bicyclic) bond motifs is 2. The molecule has 5 N–H and O–H groups in total. The van der Waals surface area contributed by atoms with E-state index < -0.39 is 47.9 Å². The van der Waals surface area contributed by atoms with Crippen molar-refractivity contribution in [2.45, 2.75) is 69.2 Å². The number of aliphatic hydroxyl groups excluding tert-OH is 1. The van der Waals surface area contributed by atoms with Crippen molar-refractivity contribution in [2.75, 3.05) is 40.3 Å². The molecule has 2 saturated heterocycles. The highest BCUT2D eigenvalue weighted by molar-refractivity contribution is 6.31. The minimum Gasteiger partial charge on any atom is -0.457 e. The summed E-state index contributed by atoms with van der Waals surface area (Å²) in [6.07, 6.45) is 3.33. The first-order valence-corrected chi connectivity index (χ1v) is 23.0. The lowest BCUT2D eigenvalue weighted by Gasteiger charge is -2.45. The van der Waals surface area contributed by atoms with E-state index in [0.29, 0.717) is 59.5 Å².